The van der Waals surface area contributed by atoms with Gasteiger partial charge in [0.25, 0.3) is 0 Å². The van der Waals surface area contributed by atoms with E-state index in [1.807, 2.05) is 45.0 Å². The zero-order chi connectivity index (χ0) is 17.2. The van der Waals surface area contributed by atoms with Crippen molar-refractivity contribution in [1.82, 2.24) is 5.06 Å². The van der Waals surface area contributed by atoms with Crippen LogP contribution in [0.2, 0.25) is 0 Å². The second kappa shape index (κ2) is 6.44. The first-order chi connectivity index (χ1) is 11.4. The molecule has 0 aliphatic heterocycles. The van der Waals surface area contributed by atoms with Crippen molar-refractivity contribution in [2.45, 2.75) is 57.6 Å². The molecule has 0 spiro atoms. The van der Waals surface area contributed by atoms with Crippen molar-refractivity contribution < 1.29 is 14.0 Å². The quantitative estimate of drug-likeness (QED) is 0.579. The smallest absolute Gasteiger partial charge is 0.234 e. The topological polar surface area (TPSA) is 42.7 Å². The summed E-state index contributed by atoms with van der Waals surface area (Å²) < 4.78 is 5.45. The van der Waals surface area contributed by atoms with Crippen LogP contribution in [0.25, 0.3) is 11.3 Å². The van der Waals surface area contributed by atoms with Gasteiger partial charge in [-0.15, -0.1) is 0 Å². The molecule has 3 rings (SSSR count). The summed E-state index contributed by atoms with van der Waals surface area (Å²) in [6.45, 7) is 5.89. The van der Waals surface area contributed by atoms with E-state index in [-0.39, 0.29) is 5.54 Å². The maximum Gasteiger partial charge on any atom is 0.234 e. The Labute approximate surface area is 143 Å². The van der Waals surface area contributed by atoms with Crippen molar-refractivity contribution >= 4 is 6.41 Å². The Bertz CT molecular complexity index is 662. The predicted octanol–water partition coefficient (Wildman–Crippen LogP) is 4.90. The number of rotatable bonds is 5. The Balaban J connectivity index is 1.94. The van der Waals surface area contributed by atoms with Gasteiger partial charge in [0.2, 0.25) is 6.41 Å². The summed E-state index contributed by atoms with van der Waals surface area (Å²) in [5, 5.41) is 1.54. The molecule has 0 atom stereocenters. The fourth-order valence-corrected chi connectivity index (χ4v) is 3.49. The third kappa shape index (κ3) is 3.24. The van der Waals surface area contributed by atoms with Crippen LogP contribution in [0.4, 0.5) is 0 Å². The van der Waals surface area contributed by atoms with Gasteiger partial charge < -0.3 is 4.42 Å². The van der Waals surface area contributed by atoms with Gasteiger partial charge in [-0.1, -0.05) is 37.1 Å². The maximum absolute atomic E-state index is 11.8. The third-order valence-corrected chi connectivity index (χ3v) is 4.55. The molecule has 4 nitrogen and oxygen atoms in total. The minimum atomic E-state index is -0.412. The van der Waals surface area contributed by atoms with E-state index in [1.165, 1.54) is 0 Å². The fraction of sp³-hybridized carbons (Fsp3) is 0.450. The summed E-state index contributed by atoms with van der Waals surface area (Å²) in [6.07, 6.45) is 6.53. The van der Waals surface area contributed by atoms with Crippen LogP contribution in [0, 0.1) is 0 Å². The first-order valence-corrected chi connectivity index (χ1v) is 8.53. The first-order valence-electron chi connectivity index (χ1n) is 8.53. The lowest BCUT2D eigenvalue weighted by Crippen LogP contribution is -2.47. The van der Waals surface area contributed by atoms with Crippen molar-refractivity contribution in [3.8, 4) is 11.3 Å². The summed E-state index contributed by atoms with van der Waals surface area (Å²) in [7, 11) is 0. The van der Waals surface area contributed by atoms with E-state index in [2.05, 4.69) is 12.1 Å². The molecule has 1 amide bonds. The zero-order valence-electron chi connectivity index (χ0n) is 14.6. The molecular formula is C20H25NO3. The molecule has 1 aromatic carbocycles. The SMILES string of the molecule is CC(C)(C)ON(C=O)C1(c2ccc(-c3ccco3)cc2)CCCC1. The molecular weight excluding hydrogens is 302 g/mol. The molecule has 1 heterocycles. The van der Waals surface area contributed by atoms with Gasteiger partial charge in [0, 0.05) is 5.56 Å². The Hall–Kier alpha value is -2.07. The van der Waals surface area contributed by atoms with E-state index in [0.29, 0.717) is 0 Å². The van der Waals surface area contributed by atoms with Crippen molar-refractivity contribution in [3.63, 3.8) is 0 Å². The number of carbonyl (C=O) groups excluding carboxylic acids is 1. The second-order valence-corrected chi connectivity index (χ2v) is 7.43. The van der Waals surface area contributed by atoms with Crippen LogP contribution >= 0.6 is 0 Å². The van der Waals surface area contributed by atoms with Gasteiger partial charge in [-0.05, 0) is 51.3 Å². The number of hydroxylamine groups is 2. The van der Waals surface area contributed by atoms with Crippen molar-refractivity contribution in [3.05, 3.63) is 48.2 Å². The van der Waals surface area contributed by atoms with Crippen LogP contribution < -0.4 is 0 Å². The highest BCUT2D eigenvalue weighted by Gasteiger charge is 2.43. The van der Waals surface area contributed by atoms with Gasteiger partial charge in [0.1, 0.15) is 5.76 Å². The lowest BCUT2D eigenvalue weighted by molar-refractivity contribution is -0.258. The average Bonchev–Trinajstić information content (AvgIpc) is 3.24. The van der Waals surface area contributed by atoms with Crippen molar-refractivity contribution in [1.29, 1.82) is 0 Å². The van der Waals surface area contributed by atoms with Gasteiger partial charge in [-0.3, -0.25) is 9.63 Å². The molecule has 4 heteroatoms. The van der Waals surface area contributed by atoms with Crippen molar-refractivity contribution in [2.75, 3.05) is 0 Å². The van der Waals surface area contributed by atoms with E-state index in [0.717, 1.165) is 49.0 Å². The summed E-state index contributed by atoms with van der Waals surface area (Å²) >= 11 is 0. The second-order valence-electron chi connectivity index (χ2n) is 7.43. The Morgan fingerprint density at radius 1 is 1.12 bits per heavy atom. The normalized spacial score (nSPS) is 17.0. The number of benzene rings is 1. The van der Waals surface area contributed by atoms with E-state index >= 15 is 0 Å². The van der Waals surface area contributed by atoms with E-state index in [1.54, 1.807) is 11.3 Å². The fourth-order valence-electron chi connectivity index (χ4n) is 3.49. The summed E-state index contributed by atoms with van der Waals surface area (Å²) in [5.74, 6) is 0.847. The number of hydrogen-bond acceptors (Lipinski definition) is 3. The minimum Gasteiger partial charge on any atom is -0.464 e. The first kappa shape index (κ1) is 16.8. The molecule has 1 aliphatic rings. The zero-order valence-corrected chi connectivity index (χ0v) is 14.6. The van der Waals surface area contributed by atoms with Crippen LogP contribution in [0.5, 0.6) is 0 Å². The molecule has 2 aromatic rings. The Morgan fingerprint density at radius 3 is 2.29 bits per heavy atom. The molecule has 1 aliphatic carbocycles. The van der Waals surface area contributed by atoms with Crippen molar-refractivity contribution in [2.24, 2.45) is 0 Å². The molecule has 0 radical (unpaired) electrons. The van der Waals surface area contributed by atoms with Crippen LogP contribution in [0.15, 0.2) is 47.1 Å². The van der Waals surface area contributed by atoms with E-state index < -0.39 is 5.60 Å². The lowest BCUT2D eigenvalue weighted by atomic mass is 9.87. The largest absolute Gasteiger partial charge is 0.464 e. The van der Waals surface area contributed by atoms with Gasteiger partial charge in [0.05, 0.1) is 17.4 Å². The Morgan fingerprint density at radius 2 is 1.79 bits per heavy atom. The summed E-state index contributed by atoms with van der Waals surface area (Å²) in [5.41, 5.74) is 1.36. The molecule has 128 valence electrons. The highest BCUT2D eigenvalue weighted by atomic mass is 16.7. The number of furan rings is 1. The van der Waals surface area contributed by atoms with Crippen LogP contribution in [-0.4, -0.2) is 17.1 Å². The van der Waals surface area contributed by atoms with Crippen LogP contribution in [-0.2, 0) is 15.2 Å². The molecule has 0 N–H and O–H groups in total. The maximum atomic E-state index is 11.8. The highest BCUT2D eigenvalue weighted by Crippen LogP contribution is 2.44. The average molecular weight is 327 g/mol. The highest BCUT2D eigenvalue weighted by molar-refractivity contribution is 5.58. The third-order valence-electron chi connectivity index (χ3n) is 4.55. The number of hydrogen-bond donors (Lipinski definition) is 0. The number of nitrogens with zero attached hydrogens (tertiary/aromatic N) is 1. The molecule has 1 fully saturated rings. The van der Waals surface area contributed by atoms with E-state index in [9.17, 15) is 4.79 Å². The minimum absolute atomic E-state index is 0.378. The molecule has 1 saturated carbocycles. The Kier molecular flexibility index (Phi) is 4.50. The predicted molar refractivity (Wildman–Crippen MR) is 93.0 cm³/mol. The summed E-state index contributed by atoms with van der Waals surface area (Å²) in [6, 6.07) is 12.1. The molecule has 0 saturated heterocycles. The van der Waals surface area contributed by atoms with Crippen LogP contribution in [0.1, 0.15) is 52.0 Å². The van der Waals surface area contributed by atoms with Gasteiger partial charge in [-0.25, -0.2) is 5.06 Å². The number of carbonyl (C=O) groups is 1. The summed E-state index contributed by atoms with van der Waals surface area (Å²) in [4.78, 5) is 17.8. The van der Waals surface area contributed by atoms with Gasteiger partial charge in [0.15, 0.2) is 0 Å². The van der Waals surface area contributed by atoms with E-state index in [4.69, 9.17) is 9.25 Å². The monoisotopic (exact) mass is 327 g/mol. The standard InChI is InChI=1S/C20H25NO3/c1-19(2,3)24-21(15-22)20(12-4-5-13-20)17-10-8-16(9-11-17)18-7-6-14-23-18/h6-11,14-15H,4-5,12-13H2,1-3H3. The number of amides is 1. The molecule has 0 unspecified atom stereocenters. The molecule has 24 heavy (non-hydrogen) atoms. The van der Waals surface area contributed by atoms with Gasteiger partial charge in [-0.2, -0.15) is 0 Å². The lowest BCUT2D eigenvalue weighted by Gasteiger charge is -2.41. The molecule has 0 bridgehead atoms. The van der Waals surface area contributed by atoms with Gasteiger partial charge >= 0.3 is 0 Å². The van der Waals surface area contributed by atoms with Crippen LogP contribution in [0.3, 0.4) is 0 Å². The molecule has 1 aromatic heterocycles.